The van der Waals surface area contributed by atoms with Crippen LogP contribution in [0.25, 0.3) is 0 Å². The van der Waals surface area contributed by atoms with Crippen LogP contribution < -0.4 is 10.6 Å². The lowest BCUT2D eigenvalue weighted by Crippen LogP contribution is -2.86. The molecule has 0 aliphatic heterocycles. The second kappa shape index (κ2) is 7.47. The number of anilines is 1. The molecule has 1 atom stereocenters. The smallest absolute Gasteiger partial charge is 0.279 e. The van der Waals surface area contributed by atoms with Gasteiger partial charge in [0.1, 0.15) is 17.7 Å². The minimum Gasteiger partial charge on any atom is -0.332 e. The molecule has 3 N–H and O–H groups in total. The normalized spacial score (nSPS) is 11.6. The molecule has 2 rings (SSSR count). The van der Waals surface area contributed by atoms with Gasteiger partial charge < -0.3 is 10.6 Å². The van der Waals surface area contributed by atoms with Gasteiger partial charge >= 0.3 is 0 Å². The van der Waals surface area contributed by atoms with E-state index in [1.165, 1.54) is 12.1 Å². The lowest BCUT2D eigenvalue weighted by molar-refractivity contribution is -0.682. The van der Waals surface area contributed by atoms with Crippen LogP contribution in [0.15, 0.2) is 42.5 Å². The molecule has 0 saturated heterocycles. The van der Waals surface area contributed by atoms with Crippen LogP contribution in [-0.4, -0.2) is 12.5 Å². The average molecular weight is 316 g/mol. The highest BCUT2D eigenvalue weighted by Gasteiger charge is 2.16. The number of nitrogens with zero attached hydrogens (tertiary/aromatic N) is 1. The van der Waals surface area contributed by atoms with Crippen LogP contribution >= 0.6 is 0 Å². The summed E-state index contributed by atoms with van der Waals surface area (Å²) < 4.78 is 26.5. The maximum absolute atomic E-state index is 13.7. The Morgan fingerprint density at radius 2 is 1.96 bits per heavy atom. The SMILES string of the molecule is C[C@@H]([NH2+]CC(=O)Nc1ccc(C#N)cc1)c1ccc(F)cc1F. The second-order valence-electron chi connectivity index (χ2n) is 5.13. The van der Waals surface area contributed by atoms with Gasteiger partial charge in [0.05, 0.1) is 11.6 Å². The van der Waals surface area contributed by atoms with Crippen LogP contribution in [-0.2, 0) is 4.79 Å². The molecule has 0 aromatic heterocycles. The molecule has 0 fully saturated rings. The number of halogens is 2. The molecule has 0 aliphatic carbocycles. The van der Waals surface area contributed by atoms with Gasteiger partial charge in [-0.05, 0) is 43.3 Å². The molecule has 0 spiro atoms. The summed E-state index contributed by atoms with van der Waals surface area (Å²) in [6.07, 6.45) is 0. The van der Waals surface area contributed by atoms with Crippen molar-refractivity contribution < 1.29 is 18.9 Å². The fourth-order valence-corrected chi connectivity index (χ4v) is 2.12. The fraction of sp³-hybridized carbons (Fsp3) is 0.176. The van der Waals surface area contributed by atoms with Gasteiger partial charge in [-0.25, -0.2) is 8.78 Å². The average Bonchev–Trinajstić information content (AvgIpc) is 2.53. The molecular weight excluding hydrogens is 300 g/mol. The van der Waals surface area contributed by atoms with Crippen molar-refractivity contribution in [1.29, 1.82) is 5.26 Å². The summed E-state index contributed by atoms with van der Waals surface area (Å²) in [7, 11) is 0. The quantitative estimate of drug-likeness (QED) is 0.887. The van der Waals surface area contributed by atoms with E-state index in [4.69, 9.17) is 5.26 Å². The van der Waals surface area contributed by atoms with Crippen molar-refractivity contribution in [3.8, 4) is 6.07 Å². The van der Waals surface area contributed by atoms with Crippen LogP contribution in [0.2, 0.25) is 0 Å². The van der Waals surface area contributed by atoms with Crippen LogP contribution in [0.1, 0.15) is 24.1 Å². The number of hydrogen-bond acceptors (Lipinski definition) is 2. The first-order chi connectivity index (χ1) is 11.0. The predicted octanol–water partition coefficient (Wildman–Crippen LogP) is 2.10. The van der Waals surface area contributed by atoms with Gasteiger partial charge in [-0.1, -0.05) is 0 Å². The van der Waals surface area contributed by atoms with E-state index in [1.54, 1.807) is 36.5 Å². The number of benzene rings is 2. The Labute approximate surface area is 132 Å². The van der Waals surface area contributed by atoms with E-state index in [0.717, 1.165) is 6.07 Å². The predicted molar refractivity (Wildman–Crippen MR) is 81.4 cm³/mol. The number of carbonyl (C=O) groups is 1. The van der Waals surface area contributed by atoms with E-state index in [9.17, 15) is 13.6 Å². The van der Waals surface area contributed by atoms with E-state index in [0.29, 0.717) is 16.8 Å². The molecule has 23 heavy (non-hydrogen) atoms. The van der Waals surface area contributed by atoms with Gasteiger partial charge in [0, 0.05) is 17.3 Å². The maximum atomic E-state index is 13.7. The molecule has 0 unspecified atom stereocenters. The number of carbonyl (C=O) groups excluding carboxylic acids is 1. The van der Waals surface area contributed by atoms with E-state index in [1.807, 2.05) is 6.07 Å². The largest absolute Gasteiger partial charge is 0.332 e. The van der Waals surface area contributed by atoms with Gasteiger partial charge in [-0.3, -0.25) is 4.79 Å². The zero-order valence-corrected chi connectivity index (χ0v) is 12.5. The molecule has 2 aromatic rings. The molecule has 4 nitrogen and oxygen atoms in total. The molecule has 6 heteroatoms. The van der Waals surface area contributed by atoms with Gasteiger partial charge in [0.15, 0.2) is 6.54 Å². The van der Waals surface area contributed by atoms with Crippen molar-refractivity contribution in [3.63, 3.8) is 0 Å². The third-order valence-corrected chi connectivity index (χ3v) is 3.41. The van der Waals surface area contributed by atoms with Gasteiger partial charge in [0.25, 0.3) is 5.91 Å². The van der Waals surface area contributed by atoms with Crippen molar-refractivity contribution in [2.45, 2.75) is 13.0 Å². The Bertz CT molecular complexity index is 738. The molecule has 0 saturated carbocycles. The standard InChI is InChI=1S/C17H15F2N3O/c1-11(15-7-4-13(18)8-16(15)19)21-10-17(23)22-14-5-2-12(9-20)3-6-14/h2-8,11,21H,10H2,1H3,(H,22,23)/p+1/t11-/m1/s1. The minimum atomic E-state index is -0.628. The molecular formula is C17H16F2N3O+. The Hall–Kier alpha value is -2.78. The number of nitriles is 1. The lowest BCUT2D eigenvalue weighted by atomic mass is 10.1. The van der Waals surface area contributed by atoms with Crippen LogP contribution in [0.4, 0.5) is 14.5 Å². The highest BCUT2D eigenvalue weighted by molar-refractivity contribution is 5.91. The van der Waals surface area contributed by atoms with Crippen molar-refractivity contribution in [2.75, 3.05) is 11.9 Å². The van der Waals surface area contributed by atoms with Crippen LogP contribution in [0, 0.1) is 23.0 Å². The van der Waals surface area contributed by atoms with E-state index in [2.05, 4.69) is 5.32 Å². The van der Waals surface area contributed by atoms with Gasteiger partial charge in [-0.2, -0.15) is 5.26 Å². The van der Waals surface area contributed by atoms with E-state index >= 15 is 0 Å². The maximum Gasteiger partial charge on any atom is 0.279 e. The number of nitrogens with one attached hydrogen (secondary N) is 1. The van der Waals surface area contributed by atoms with Crippen molar-refractivity contribution in [1.82, 2.24) is 0 Å². The summed E-state index contributed by atoms with van der Waals surface area (Å²) in [5.41, 5.74) is 1.44. The van der Waals surface area contributed by atoms with E-state index in [-0.39, 0.29) is 18.5 Å². The van der Waals surface area contributed by atoms with Gasteiger partial charge in [-0.15, -0.1) is 0 Å². The summed E-state index contributed by atoms with van der Waals surface area (Å²) in [6.45, 7) is 1.84. The number of nitrogens with two attached hydrogens (primary N) is 1. The summed E-state index contributed by atoms with van der Waals surface area (Å²) >= 11 is 0. The third kappa shape index (κ3) is 4.59. The first-order valence-corrected chi connectivity index (χ1v) is 7.08. The highest BCUT2D eigenvalue weighted by atomic mass is 19.1. The number of hydrogen-bond donors (Lipinski definition) is 2. The molecule has 0 bridgehead atoms. The topological polar surface area (TPSA) is 69.5 Å². The summed E-state index contributed by atoms with van der Waals surface area (Å²) in [5.74, 6) is -1.50. The first-order valence-electron chi connectivity index (χ1n) is 7.08. The highest BCUT2D eigenvalue weighted by Crippen LogP contribution is 2.14. The zero-order chi connectivity index (χ0) is 16.8. The van der Waals surface area contributed by atoms with Crippen molar-refractivity contribution in [2.24, 2.45) is 0 Å². The summed E-state index contributed by atoms with van der Waals surface area (Å²) in [6, 6.07) is 11.6. The summed E-state index contributed by atoms with van der Waals surface area (Å²) in [4.78, 5) is 11.9. The molecule has 0 aliphatic rings. The van der Waals surface area contributed by atoms with Crippen molar-refractivity contribution >= 4 is 11.6 Å². The van der Waals surface area contributed by atoms with Crippen molar-refractivity contribution in [3.05, 3.63) is 65.2 Å². The third-order valence-electron chi connectivity index (χ3n) is 3.41. The number of amides is 1. The zero-order valence-electron chi connectivity index (χ0n) is 12.5. The summed E-state index contributed by atoms with van der Waals surface area (Å²) in [5, 5.41) is 13.1. The Morgan fingerprint density at radius 3 is 2.57 bits per heavy atom. The number of rotatable bonds is 5. The molecule has 0 radical (unpaired) electrons. The first kappa shape index (κ1) is 16.6. The minimum absolute atomic E-state index is 0.0952. The van der Waals surface area contributed by atoms with Crippen LogP contribution in [0.5, 0.6) is 0 Å². The Morgan fingerprint density at radius 1 is 1.26 bits per heavy atom. The molecule has 0 heterocycles. The van der Waals surface area contributed by atoms with Gasteiger partial charge in [0.2, 0.25) is 0 Å². The second-order valence-corrected chi connectivity index (χ2v) is 5.13. The molecule has 1 amide bonds. The molecule has 2 aromatic carbocycles. The Kier molecular flexibility index (Phi) is 5.39. The van der Waals surface area contributed by atoms with E-state index < -0.39 is 11.6 Å². The fourth-order valence-electron chi connectivity index (χ4n) is 2.12. The van der Waals surface area contributed by atoms with Crippen LogP contribution in [0.3, 0.4) is 0 Å². The Balaban J connectivity index is 1.89. The lowest BCUT2D eigenvalue weighted by Gasteiger charge is -2.12. The monoisotopic (exact) mass is 316 g/mol. The number of quaternary nitrogens is 1. The molecule has 118 valence electrons.